The molecular weight excluding hydrogens is 374 g/mol. The van der Waals surface area contributed by atoms with Crippen molar-refractivity contribution in [3.05, 3.63) is 40.2 Å². The van der Waals surface area contributed by atoms with Crippen LogP contribution in [0.4, 0.5) is 0 Å². The largest absolute Gasteiger partial charge is 0.467 e. The van der Waals surface area contributed by atoms with Gasteiger partial charge in [0, 0.05) is 30.3 Å². The Morgan fingerprint density at radius 3 is 2.68 bits per heavy atom. The van der Waals surface area contributed by atoms with Gasteiger partial charge in [-0.05, 0) is 37.8 Å². The molecule has 150 valence electrons. The quantitative estimate of drug-likeness (QED) is 0.823. The standard InChI is InChI=1S/C21H27N3O3S/c25-19(22-13-17-7-4-12-27-17)18-14-28-20(23-18)15-8-10-24(11-9-15)21(26)16-5-2-1-3-6-16/h4,7,12,14-16H,1-3,5-6,8-11,13H2,(H,22,25). The Morgan fingerprint density at radius 2 is 1.96 bits per heavy atom. The minimum absolute atomic E-state index is 0.177. The minimum atomic E-state index is -0.177. The number of hydrogen-bond acceptors (Lipinski definition) is 5. The molecule has 0 bridgehead atoms. The van der Waals surface area contributed by atoms with Crippen LogP contribution in [0.25, 0.3) is 0 Å². The number of rotatable bonds is 5. The maximum atomic E-state index is 12.7. The van der Waals surface area contributed by atoms with Crippen LogP contribution in [0.3, 0.4) is 0 Å². The van der Waals surface area contributed by atoms with Gasteiger partial charge in [-0.2, -0.15) is 0 Å². The monoisotopic (exact) mass is 401 g/mol. The van der Waals surface area contributed by atoms with E-state index in [0.29, 0.717) is 24.1 Å². The predicted molar refractivity (Wildman–Crippen MR) is 107 cm³/mol. The molecule has 1 saturated heterocycles. The molecule has 2 aromatic heterocycles. The van der Waals surface area contributed by atoms with Crippen molar-refractivity contribution in [1.29, 1.82) is 0 Å². The first kappa shape index (κ1) is 19.2. The fraction of sp³-hybridized carbons (Fsp3) is 0.571. The van der Waals surface area contributed by atoms with Gasteiger partial charge in [0.25, 0.3) is 5.91 Å². The Hall–Kier alpha value is -2.15. The number of nitrogens with one attached hydrogen (secondary N) is 1. The first-order valence-electron chi connectivity index (χ1n) is 10.3. The molecule has 3 heterocycles. The summed E-state index contributed by atoms with van der Waals surface area (Å²) in [6, 6.07) is 3.63. The summed E-state index contributed by atoms with van der Waals surface area (Å²) in [5, 5.41) is 5.67. The van der Waals surface area contributed by atoms with E-state index < -0.39 is 0 Å². The summed E-state index contributed by atoms with van der Waals surface area (Å²) in [5.41, 5.74) is 0.465. The fourth-order valence-corrected chi connectivity index (χ4v) is 5.18. The summed E-state index contributed by atoms with van der Waals surface area (Å²) in [5.74, 6) is 1.49. The Morgan fingerprint density at radius 1 is 1.18 bits per heavy atom. The lowest BCUT2D eigenvalue weighted by molar-refractivity contribution is -0.137. The van der Waals surface area contributed by atoms with Gasteiger partial charge >= 0.3 is 0 Å². The molecule has 2 aromatic rings. The third-order valence-corrected chi connectivity index (χ3v) is 6.88. The number of likely N-dealkylation sites (tertiary alicyclic amines) is 1. The van der Waals surface area contributed by atoms with Gasteiger partial charge in [-0.25, -0.2) is 4.98 Å². The highest BCUT2D eigenvalue weighted by atomic mass is 32.1. The van der Waals surface area contributed by atoms with E-state index in [0.717, 1.165) is 49.5 Å². The second kappa shape index (κ2) is 8.90. The molecule has 7 heteroatoms. The van der Waals surface area contributed by atoms with Crippen molar-refractivity contribution in [1.82, 2.24) is 15.2 Å². The van der Waals surface area contributed by atoms with Crippen LogP contribution in [0.2, 0.25) is 0 Å². The summed E-state index contributed by atoms with van der Waals surface area (Å²) in [7, 11) is 0. The van der Waals surface area contributed by atoms with Gasteiger partial charge in [0.2, 0.25) is 5.91 Å². The van der Waals surface area contributed by atoms with E-state index in [1.54, 1.807) is 23.7 Å². The van der Waals surface area contributed by atoms with Crippen molar-refractivity contribution in [3.63, 3.8) is 0 Å². The van der Waals surface area contributed by atoms with Crippen molar-refractivity contribution in [2.75, 3.05) is 13.1 Å². The third-order valence-electron chi connectivity index (χ3n) is 5.87. The predicted octanol–water partition coefficient (Wildman–Crippen LogP) is 3.95. The molecule has 28 heavy (non-hydrogen) atoms. The van der Waals surface area contributed by atoms with Crippen LogP contribution in [0.15, 0.2) is 28.2 Å². The molecule has 6 nitrogen and oxygen atoms in total. The molecule has 2 aliphatic rings. The zero-order chi connectivity index (χ0) is 19.3. The maximum Gasteiger partial charge on any atom is 0.271 e. The first-order valence-corrected chi connectivity index (χ1v) is 11.1. The molecule has 1 saturated carbocycles. The lowest BCUT2D eigenvalue weighted by Gasteiger charge is -2.34. The maximum absolute atomic E-state index is 12.7. The van der Waals surface area contributed by atoms with E-state index in [-0.39, 0.29) is 11.8 Å². The van der Waals surface area contributed by atoms with Crippen LogP contribution in [-0.4, -0.2) is 34.8 Å². The van der Waals surface area contributed by atoms with Crippen LogP contribution in [0.1, 0.15) is 72.1 Å². The molecule has 0 radical (unpaired) electrons. The zero-order valence-electron chi connectivity index (χ0n) is 16.1. The average molecular weight is 402 g/mol. The number of hydrogen-bond donors (Lipinski definition) is 1. The number of nitrogens with zero attached hydrogens (tertiary/aromatic N) is 2. The summed E-state index contributed by atoms with van der Waals surface area (Å²) in [4.78, 5) is 31.6. The highest BCUT2D eigenvalue weighted by molar-refractivity contribution is 7.09. The lowest BCUT2D eigenvalue weighted by Crippen LogP contribution is -2.41. The summed E-state index contributed by atoms with van der Waals surface area (Å²) in [6.45, 7) is 1.97. The van der Waals surface area contributed by atoms with Crippen molar-refractivity contribution in [3.8, 4) is 0 Å². The molecule has 2 fully saturated rings. The van der Waals surface area contributed by atoms with Crippen molar-refractivity contribution >= 4 is 23.2 Å². The Balaban J connectivity index is 1.28. The number of thiazole rings is 1. The Bertz CT molecular complexity index is 788. The van der Waals surface area contributed by atoms with Gasteiger partial charge < -0.3 is 14.6 Å². The third kappa shape index (κ3) is 4.46. The molecule has 1 aliphatic heterocycles. The van der Waals surface area contributed by atoms with E-state index >= 15 is 0 Å². The number of carbonyl (C=O) groups is 2. The number of carbonyl (C=O) groups excluding carboxylic acids is 2. The SMILES string of the molecule is O=C(NCc1ccco1)c1csc(C2CCN(C(=O)C3CCCCC3)CC2)n1. The van der Waals surface area contributed by atoms with Crippen LogP contribution in [-0.2, 0) is 11.3 Å². The van der Waals surface area contributed by atoms with Gasteiger partial charge in [-0.1, -0.05) is 19.3 Å². The van der Waals surface area contributed by atoms with E-state index in [1.807, 2.05) is 11.4 Å². The molecule has 4 rings (SSSR count). The molecule has 0 atom stereocenters. The van der Waals surface area contributed by atoms with Crippen molar-refractivity contribution in [2.45, 2.75) is 57.4 Å². The van der Waals surface area contributed by atoms with E-state index in [4.69, 9.17) is 4.42 Å². The molecular formula is C21H27N3O3S. The summed E-state index contributed by atoms with van der Waals surface area (Å²) >= 11 is 1.55. The highest BCUT2D eigenvalue weighted by Gasteiger charge is 2.30. The van der Waals surface area contributed by atoms with Crippen LogP contribution >= 0.6 is 11.3 Å². The van der Waals surface area contributed by atoms with E-state index in [9.17, 15) is 9.59 Å². The lowest BCUT2D eigenvalue weighted by atomic mass is 9.87. The van der Waals surface area contributed by atoms with Gasteiger partial charge in [0.05, 0.1) is 17.8 Å². The summed E-state index contributed by atoms with van der Waals surface area (Å²) < 4.78 is 5.23. The smallest absolute Gasteiger partial charge is 0.271 e. The van der Waals surface area contributed by atoms with E-state index in [2.05, 4.69) is 15.2 Å². The fourth-order valence-electron chi connectivity index (χ4n) is 4.21. The van der Waals surface area contributed by atoms with Crippen molar-refractivity contribution in [2.24, 2.45) is 5.92 Å². The number of furan rings is 1. The highest BCUT2D eigenvalue weighted by Crippen LogP contribution is 2.32. The Labute approximate surface area is 169 Å². The topological polar surface area (TPSA) is 75.4 Å². The van der Waals surface area contributed by atoms with Gasteiger partial charge in [0.15, 0.2) is 0 Å². The first-order chi connectivity index (χ1) is 13.7. The number of piperidine rings is 1. The van der Waals surface area contributed by atoms with Gasteiger partial charge in [-0.15, -0.1) is 11.3 Å². The van der Waals surface area contributed by atoms with E-state index in [1.165, 1.54) is 19.3 Å². The number of aromatic nitrogens is 1. The van der Waals surface area contributed by atoms with Gasteiger partial charge in [0.1, 0.15) is 11.5 Å². The average Bonchev–Trinajstić information content (AvgIpc) is 3.44. The molecule has 1 aliphatic carbocycles. The molecule has 2 amide bonds. The summed E-state index contributed by atoms with van der Waals surface area (Å²) in [6.07, 6.45) is 9.22. The molecule has 0 unspecified atom stereocenters. The number of amides is 2. The van der Waals surface area contributed by atoms with Crippen LogP contribution in [0.5, 0.6) is 0 Å². The molecule has 0 aromatic carbocycles. The van der Waals surface area contributed by atoms with Gasteiger partial charge in [-0.3, -0.25) is 9.59 Å². The van der Waals surface area contributed by atoms with Crippen molar-refractivity contribution < 1.29 is 14.0 Å². The second-order valence-electron chi connectivity index (χ2n) is 7.77. The Kier molecular flexibility index (Phi) is 6.10. The zero-order valence-corrected chi connectivity index (χ0v) is 16.9. The molecule has 0 spiro atoms. The normalized spacial score (nSPS) is 18.9. The van der Waals surface area contributed by atoms with Crippen LogP contribution in [0, 0.1) is 5.92 Å². The minimum Gasteiger partial charge on any atom is -0.467 e. The second-order valence-corrected chi connectivity index (χ2v) is 8.66. The molecule has 1 N–H and O–H groups in total. The van der Waals surface area contributed by atoms with Crippen LogP contribution < -0.4 is 5.32 Å².